The van der Waals surface area contributed by atoms with E-state index in [-0.39, 0.29) is 5.97 Å². The first-order chi connectivity index (χ1) is 10.4. The van der Waals surface area contributed by atoms with Gasteiger partial charge in [-0.2, -0.15) is 0 Å². The van der Waals surface area contributed by atoms with Crippen LogP contribution >= 0.6 is 0 Å². The monoisotopic (exact) mass is 290 g/mol. The lowest BCUT2D eigenvalue weighted by atomic mass is 10.1. The Morgan fingerprint density at radius 3 is 2.05 bits per heavy atom. The number of carbonyl (C=O) groups is 1. The lowest BCUT2D eigenvalue weighted by Gasteiger charge is -2.11. The molecule has 2 rings (SSSR count). The van der Waals surface area contributed by atoms with E-state index in [0.717, 1.165) is 49.9 Å². The fourth-order valence-corrected chi connectivity index (χ4v) is 3.17. The number of hydrogen-bond donors (Lipinski definition) is 0. The van der Waals surface area contributed by atoms with Gasteiger partial charge in [-0.25, -0.2) is 4.79 Å². The van der Waals surface area contributed by atoms with E-state index in [0.29, 0.717) is 0 Å². The highest BCUT2D eigenvalue weighted by Gasteiger charge is 2.14. The Morgan fingerprint density at radius 2 is 1.29 bits per heavy atom. The molecule has 0 amide bonds. The summed E-state index contributed by atoms with van der Waals surface area (Å²) in [5.74, 6) is 0.838. The van der Waals surface area contributed by atoms with Gasteiger partial charge in [-0.05, 0) is 51.0 Å². The van der Waals surface area contributed by atoms with E-state index in [1.807, 2.05) is 0 Å². The van der Waals surface area contributed by atoms with Crippen molar-refractivity contribution >= 4 is 5.97 Å². The maximum atomic E-state index is 12.4. The zero-order chi connectivity index (χ0) is 14.8. The van der Waals surface area contributed by atoms with E-state index in [1.165, 1.54) is 51.4 Å². The van der Waals surface area contributed by atoms with Gasteiger partial charge in [0.1, 0.15) is 5.76 Å². The van der Waals surface area contributed by atoms with Crippen molar-refractivity contribution in [2.75, 3.05) is 0 Å². The standard InChI is InChI=1S/C19H30O2/c20-19(17-13-9-5-1-2-6-10-14-17)21-18-15-11-7-3-4-8-12-16-18/h13,15H,1-12,14,16H2. The second-order valence-electron chi connectivity index (χ2n) is 6.40. The van der Waals surface area contributed by atoms with Crippen molar-refractivity contribution in [1.29, 1.82) is 0 Å². The molecule has 0 spiro atoms. The first-order valence-corrected chi connectivity index (χ1v) is 8.96. The van der Waals surface area contributed by atoms with Crippen LogP contribution in [0.4, 0.5) is 0 Å². The molecular formula is C19H30O2. The molecule has 21 heavy (non-hydrogen) atoms. The van der Waals surface area contributed by atoms with Crippen LogP contribution in [-0.4, -0.2) is 5.97 Å². The van der Waals surface area contributed by atoms with Crippen molar-refractivity contribution in [1.82, 2.24) is 0 Å². The third-order valence-corrected chi connectivity index (χ3v) is 4.53. The van der Waals surface area contributed by atoms with Crippen molar-refractivity contribution in [3.8, 4) is 0 Å². The third kappa shape index (κ3) is 6.50. The number of esters is 1. The summed E-state index contributed by atoms with van der Waals surface area (Å²) in [5.41, 5.74) is 0.915. The molecule has 2 nitrogen and oxygen atoms in total. The zero-order valence-electron chi connectivity index (χ0n) is 13.4. The molecule has 118 valence electrons. The van der Waals surface area contributed by atoms with Crippen LogP contribution in [0.5, 0.6) is 0 Å². The summed E-state index contributed by atoms with van der Waals surface area (Å²) in [5, 5.41) is 0. The van der Waals surface area contributed by atoms with Crippen molar-refractivity contribution in [2.45, 2.75) is 89.9 Å². The lowest BCUT2D eigenvalue weighted by Crippen LogP contribution is -2.08. The molecule has 0 aromatic carbocycles. The van der Waals surface area contributed by atoms with Crippen LogP contribution in [0.1, 0.15) is 89.9 Å². The minimum Gasteiger partial charge on any atom is -0.428 e. The zero-order valence-corrected chi connectivity index (χ0v) is 13.4. The van der Waals surface area contributed by atoms with E-state index < -0.39 is 0 Å². The van der Waals surface area contributed by atoms with Gasteiger partial charge >= 0.3 is 5.97 Å². The van der Waals surface area contributed by atoms with E-state index in [1.54, 1.807) is 0 Å². The quantitative estimate of drug-likeness (QED) is 0.598. The SMILES string of the molecule is O=C(OC1=CCCCCCCC1)C1=CCCCCCCC1. The Labute approximate surface area is 129 Å². The number of rotatable bonds is 2. The summed E-state index contributed by atoms with van der Waals surface area (Å²) in [6.45, 7) is 0. The summed E-state index contributed by atoms with van der Waals surface area (Å²) in [7, 11) is 0. The largest absolute Gasteiger partial charge is 0.428 e. The molecule has 0 radical (unpaired) electrons. The topological polar surface area (TPSA) is 26.3 Å². The van der Waals surface area contributed by atoms with Gasteiger partial charge in [0, 0.05) is 12.0 Å². The Kier molecular flexibility index (Phi) is 7.62. The van der Waals surface area contributed by atoms with Crippen LogP contribution in [0, 0.1) is 0 Å². The average Bonchev–Trinajstić information content (AvgIpc) is 2.70. The van der Waals surface area contributed by atoms with E-state index >= 15 is 0 Å². The summed E-state index contributed by atoms with van der Waals surface area (Å²) in [4.78, 5) is 12.4. The van der Waals surface area contributed by atoms with Gasteiger partial charge in [0.2, 0.25) is 0 Å². The van der Waals surface area contributed by atoms with E-state index in [4.69, 9.17) is 4.74 Å². The Bertz CT molecular complexity index is 379. The van der Waals surface area contributed by atoms with Crippen molar-refractivity contribution in [3.05, 3.63) is 23.5 Å². The van der Waals surface area contributed by atoms with Crippen molar-refractivity contribution in [2.24, 2.45) is 0 Å². The second-order valence-corrected chi connectivity index (χ2v) is 6.40. The minimum absolute atomic E-state index is 0.0811. The van der Waals surface area contributed by atoms with Gasteiger partial charge in [-0.15, -0.1) is 0 Å². The highest BCUT2D eigenvalue weighted by molar-refractivity contribution is 5.89. The molecule has 2 heteroatoms. The average molecular weight is 290 g/mol. The third-order valence-electron chi connectivity index (χ3n) is 4.53. The number of ether oxygens (including phenoxy) is 1. The molecule has 0 saturated carbocycles. The predicted octanol–water partition coefficient (Wildman–Crippen LogP) is 5.83. The van der Waals surface area contributed by atoms with E-state index in [9.17, 15) is 4.79 Å². The molecule has 0 unspecified atom stereocenters. The highest BCUT2D eigenvalue weighted by Crippen LogP contribution is 2.22. The summed E-state index contributed by atoms with van der Waals surface area (Å²) >= 11 is 0. The molecule has 2 aliphatic carbocycles. The molecule has 0 fully saturated rings. The van der Waals surface area contributed by atoms with Gasteiger partial charge in [-0.3, -0.25) is 0 Å². The van der Waals surface area contributed by atoms with Gasteiger partial charge < -0.3 is 4.74 Å². The van der Waals surface area contributed by atoms with Crippen molar-refractivity contribution in [3.63, 3.8) is 0 Å². The van der Waals surface area contributed by atoms with Gasteiger partial charge in [0.25, 0.3) is 0 Å². The summed E-state index contributed by atoms with van der Waals surface area (Å²) in [6.07, 6.45) is 20.6. The first-order valence-electron chi connectivity index (χ1n) is 8.96. The Morgan fingerprint density at radius 1 is 0.714 bits per heavy atom. The van der Waals surface area contributed by atoms with Crippen LogP contribution in [0.25, 0.3) is 0 Å². The van der Waals surface area contributed by atoms with Crippen LogP contribution < -0.4 is 0 Å². The predicted molar refractivity (Wildman–Crippen MR) is 86.9 cm³/mol. The molecule has 0 aromatic heterocycles. The van der Waals surface area contributed by atoms with Gasteiger partial charge in [0.05, 0.1) is 0 Å². The van der Waals surface area contributed by atoms with Crippen molar-refractivity contribution < 1.29 is 9.53 Å². The van der Waals surface area contributed by atoms with Crippen LogP contribution in [-0.2, 0) is 9.53 Å². The van der Waals surface area contributed by atoms with Gasteiger partial charge in [0.15, 0.2) is 0 Å². The molecule has 0 saturated heterocycles. The fourth-order valence-electron chi connectivity index (χ4n) is 3.17. The fraction of sp³-hybridized carbons (Fsp3) is 0.737. The minimum atomic E-state index is -0.0811. The highest BCUT2D eigenvalue weighted by atomic mass is 16.5. The molecule has 0 bridgehead atoms. The normalized spacial score (nSPS) is 22.3. The second kappa shape index (κ2) is 9.81. The molecule has 0 atom stereocenters. The Hall–Kier alpha value is -1.05. The molecule has 2 aliphatic rings. The molecule has 0 N–H and O–H groups in total. The molecular weight excluding hydrogens is 260 g/mol. The molecule has 0 aliphatic heterocycles. The number of hydrogen-bond acceptors (Lipinski definition) is 2. The van der Waals surface area contributed by atoms with Gasteiger partial charge in [-0.1, -0.05) is 44.6 Å². The lowest BCUT2D eigenvalue weighted by molar-refractivity contribution is -0.135. The first kappa shape index (κ1) is 16.3. The summed E-state index contributed by atoms with van der Waals surface area (Å²) in [6, 6.07) is 0. The Balaban J connectivity index is 1.90. The number of carbonyl (C=O) groups excluding carboxylic acids is 1. The maximum Gasteiger partial charge on any atom is 0.338 e. The maximum absolute atomic E-state index is 12.4. The van der Waals surface area contributed by atoms with E-state index in [2.05, 4.69) is 12.2 Å². The van der Waals surface area contributed by atoms with Crippen LogP contribution in [0.2, 0.25) is 0 Å². The molecule has 0 heterocycles. The summed E-state index contributed by atoms with van der Waals surface area (Å²) < 4.78 is 5.71. The smallest absolute Gasteiger partial charge is 0.338 e. The molecule has 0 aromatic rings. The van der Waals surface area contributed by atoms with Crippen LogP contribution in [0.3, 0.4) is 0 Å². The van der Waals surface area contributed by atoms with Crippen LogP contribution in [0.15, 0.2) is 23.5 Å². The number of allylic oxidation sites excluding steroid dienone is 3.